The molecule has 2 aromatic heterocycles. The number of ether oxygens (including phenoxy) is 1. The van der Waals surface area contributed by atoms with Crippen LogP contribution in [0.2, 0.25) is 0 Å². The fourth-order valence-corrected chi connectivity index (χ4v) is 7.78. The first-order chi connectivity index (χ1) is 26.5. The van der Waals surface area contributed by atoms with Gasteiger partial charge in [-0.05, 0) is 49.6 Å². The Morgan fingerprint density at radius 1 is 0.945 bits per heavy atom. The lowest BCUT2D eigenvalue weighted by Crippen LogP contribution is -2.70. The highest BCUT2D eigenvalue weighted by atomic mass is 32.2. The highest BCUT2D eigenvalue weighted by Crippen LogP contribution is 2.40. The van der Waals surface area contributed by atoms with Crippen LogP contribution in [-0.2, 0) is 29.5 Å². The molecule has 1 aliphatic heterocycles. The third kappa shape index (κ3) is 9.04. The number of carbonyl (C=O) groups excluding carboxylic acids is 3. The Bertz CT molecular complexity index is 2090. The van der Waals surface area contributed by atoms with Crippen LogP contribution in [0.15, 0.2) is 131 Å². The highest BCUT2D eigenvalue weighted by Gasteiger charge is 2.42. The number of aromatic nitrogens is 2. The lowest BCUT2D eigenvalue weighted by Gasteiger charge is -2.37. The number of anilines is 1. The zero-order chi connectivity index (χ0) is 39.0. The number of rotatable bonds is 14. The number of amides is 2. The average molecular weight is 777 g/mol. The van der Waals surface area contributed by atoms with Crippen LogP contribution in [-0.4, -0.2) is 69.1 Å². The molecule has 0 aliphatic carbocycles. The van der Waals surface area contributed by atoms with E-state index in [0.717, 1.165) is 16.7 Å². The molecule has 3 heterocycles. The summed E-state index contributed by atoms with van der Waals surface area (Å²) in [5.41, 5.74) is 1.85. The first-order valence-corrected chi connectivity index (χ1v) is 19.2. The van der Waals surface area contributed by atoms with Gasteiger partial charge in [0.25, 0.3) is 5.91 Å². The second-order valence-corrected chi connectivity index (χ2v) is 15.3. The van der Waals surface area contributed by atoms with Gasteiger partial charge in [0.2, 0.25) is 11.7 Å². The molecule has 2 atom stereocenters. The van der Waals surface area contributed by atoms with Gasteiger partial charge in [0.15, 0.2) is 10.8 Å². The van der Waals surface area contributed by atoms with E-state index in [1.165, 1.54) is 42.5 Å². The molecule has 1 saturated heterocycles. The lowest BCUT2D eigenvalue weighted by atomic mass is 9.77. The van der Waals surface area contributed by atoms with E-state index in [1.807, 2.05) is 54.6 Å². The summed E-state index contributed by atoms with van der Waals surface area (Å²) in [4.78, 5) is 53.6. The van der Waals surface area contributed by atoms with Crippen molar-refractivity contribution in [2.45, 2.75) is 48.9 Å². The number of carbonyl (C=O) groups is 3. The number of hydrogen-bond donors (Lipinski definition) is 4. The number of benzene rings is 3. The normalized spacial score (nSPS) is 16.0. The Balaban J connectivity index is 1.19. The lowest BCUT2D eigenvalue weighted by molar-refractivity contribution is -0.152. The van der Waals surface area contributed by atoms with E-state index >= 15 is 0 Å². The molecule has 1 aliphatic rings. The molecule has 3 aromatic carbocycles. The van der Waals surface area contributed by atoms with Crippen LogP contribution in [0.25, 0.3) is 6.08 Å². The maximum absolute atomic E-state index is 13.7. The summed E-state index contributed by atoms with van der Waals surface area (Å²) < 4.78 is 5.24. The highest BCUT2D eigenvalue weighted by molar-refractivity contribution is 7.99. The Kier molecular flexibility index (Phi) is 12.0. The number of thioether (sulfide) groups is 1. The number of nitrogens with one attached hydrogen (secondary N) is 3. The van der Waals surface area contributed by atoms with Crippen molar-refractivity contribution in [3.8, 4) is 0 Å². The Hall–Kier alpha value is -5.99. The van der Waals surface area contributed by atoms with Gasteiger partial charge in [0.05, 0.1) is 11.7 Å². The third-order valence-corrected chi connectivity index (χ3v) is 10.4. The van der Waals surface area contributed by atoms with E-state index in [1.54, 1.807) is 38.3 Å². The van der Waals surface area contributed by atoms with Crippen molar-refractivity contribution < 1.29 is 29.1 Å². The summed E-state index contributed by atoms with van der Waals surface area (Å²) in [6.45, 7) is 5.10. The fourth-order valence-electron chi connectivity index (χ4n) is 5.96. The van der Waals surface area contributed by atoms with Crippen LogP contribution >= 0.6 is 23.1 Å². The molecule has 0 bridgehead atoms. The van der Waals surface area contributed by atoms with Gasteiger partial charge in [-0.3, -0.25) is 14.6 Å². The van der Waals surface area contributed by atoms with Crippen molar-refractivity contribution in [2.75, 3.05) is 18.2 Å². The van der Waals surface area contributed by atoms with Crippen molar-refractivity contribution in [2.24, 2.45) is 5.16 Å². The first-order valence-electron chi connectivity index (χ1n) is 17.3. The summed E-state index contributed by atoms with van der Waals surface area (Å²) in [7, 11) is 1.33. The zero-order valence-corrected chi connectivity index (χ0v) is 32.2. The van der Waals surface area contributed by atoms with Crippen molar-refractivity contribution in [1.29, 1.82) is 0 Å². The predicted octanol–water partition coefficient (Wildman–Crippen LogP) is 6.31. The minimum absolute atomic E-state index is 0.0973. The van der Waals surface area contributed by atoms with Gasteiger partial charge in [-0.25, -0.2) is 9.78 Å². The SMILES string of the molecule is CON=C(C(=O)NC1C(=O)NC1CSc1cccnc1C=C(O)C(=O)OC(C)(C)C)c1csc(NC(c2ccccc2)(c2ccccc2)c2ccccc2)n1. The van der Waals surface area contributed by atoms with Crippen LogP contribution in [0.3, 0.4) is 0 Å². The molecule has 2 unspecified atom stereocenters. The second-order valence-electron chi connectivity index (χ2n) is 13.4. The van der Waals surface area contributed by atoms with Crippen molar-refractivity contribution in [3.63, 3.8) is 0 Å². The van der Waals surface area contributed by atoms with Gasteiger partial charge in [0, 0.05) is 28.3 Å². The molecule has 55 heavy (non-hydrogen) atoms. The summed E-state index contributed by atoms with van der Waals surface area (Å²) in [5, 5.41) is 26.0. The number of pyridine rings is 1. The van der Waals surface area contributed by atoms with Crippen molar-refractivity contribution in [3.05, 3.63) is 149 Å². The molecule has 4 N–H and O–H groups in total. The van der Waals surface area contributed by atoms with E-state index in [9.17, 15) is 19.5 Å². The molecular formula is C41H40N6O6S2. The second kappa shape index (κ2) is 17.0. The number of nitrogens with zero attached hydrogens (tertiary/aromatic N) is 3. The maximum atomic E-state index is 13.7. The molecule has 0 radical (unpaired) electrons. The van der Waals surface area contributed by atoms with Gasteiger partial charge < -0.3 is 30.6 Å². The quantitative estimate of drug-likeness (QED) is 0.0147. The van der Waals surface area contributed by atoms with E-state index in [0.29, 0.717) is 21.5 Å². The van der Waals surface area contributed by atoms with Gasteiger partial charge in [-0.1, -0.05) is 96.2 Å². The maximum Gasteiger partial charge on any atom is 0.373 e. The minimum atomic E-state index is -0.873. The molecule has 12 nitrogen and oxygen atoms in total. The van der Waals surface area contributed by atoms with E-state index in [-0.39, 0.29) is 17.3 Å². The molecule has 1 fully saturated rings. The number of hydrogen-bond acceptors (Lipinski definition) is 12. The minimum Gasteiger partial charge on any atom is -0.502 e. The molecule has 2 amide bonds. The molecular weight excluding hydrogens is 737 g/mol. The average Bonchev–Trinajstić information content (AvgIpc) is 3.65. The largest absolute Gasteiger partial charge is 0.502 e. The summed E-state index contributed by atoms with van der Waals surface area (Å²) >= 11 is 2.65. The number of esters is 1. The van der Waals surface area contributed by atoms with E-state index in [4.69, 9.17) is 14.6 Å². The Labute approximate surface area is 327 Å². The summed E-state index contributed by atoms with van der Waals surface area (Å²) in [6, 6.07) is 32.4. The van der Waals surface area contributed by atoms with Crippen LogP contribution in [0, 0.1) is 0 Å². The number of thiazole rings is 1. The zero-order valence-electron chi connectivity index (χ0n) is 30.6. The van der Waals surface area contributed by atoms with Crippen LogP contribution in [0.1, 0.15) is 48.8 Å². The standard InChI is InChI=1S/C41H40N6O6S2/c1-40(2,3)53-38(51)32(48)23-29-33(21-14-22-42-29)54-24-30-34(36(49)43-30)45-37(50)35(47-52-4)31-25-55-39(44-31)46-41(26-15-8-5-9-16-26,27-17-10-6-11-18-27)28-19-12-7-13-20-28/h5-23,25,30,34,48H,24H2,1-4H3,(H,43,49)(H,44,46)(H,45,50). The molecule has 14 heteroatoms. The van der Waals surface area contributed by atoms with E-state index in [2.05, 4.69) is 62.5 Å². The first kappa shape index (κ1) is 38.7. The smallest absolute Gasteiger partial charge is 0.373 e. The number of oxime groups is 1. The van der Waals surface area contributed by atoms with Crippen LogP contribution in [0.5, 0.6) is 0 Å². The van der Waals surface area contributed by atoms with Gasteiger partial charge in [-0.15, -0.1) is 23.1 Å². The third-order valence-electron chi connectivity index (χ3n) is 8.46. The molecule has 0 spiro atoms. The molecule has 5 aromatic rings. The predicted molar refractivity (Wildman–Crippen MR) is 214 cm³/mol. The monoisotopic (exact) mass is 776 g/mol. The summed E-state index contributed by atoms with van der Waals surface area (Å²) in [6.07, 6.45) is 2.77. The molecule has 282 valence electrons. The number of aliphatic hydroxyl groups excluding tert-OH is 1. The van der Waals surface area contributed by atoms with Gasteiger partial charge in [-0.2, -0.15) is 0 Å². The topological polar surface area (TPSA) is 164 Å². The fraction of sp³-hybridized carbons (Fsp3) is 0.220. The molecule has 0 saturated carbocycles. The Morgan fingerprint density at radius 2 is 1.55 bits per heavy atom. The van der Waals surface area contributed by atoms with Crippen LogP contribution in [0.4, 0.5) is 5.13 Å². The number of β-lactam (4-membered cyclic amide) rings is 1. The van der Waals surface area contributed by atoms with E-state index < -0.39 is 40.9 Å². The molecule has 6 rings (SSSR count). The summed E-state index contributed by atoms with van der Waals surface area (Å²) in [5.74, 6) is -2.11. The number of aliphatic hydroxyl groups is 1. The van der Waals surface area contributed by atoms with Crippen LogP contribution < -0.4 is 16.0 Å². The van der Waals surface area contributed by atoms with Crippen molar-refractivity contribution in [1.82, 2.24) is 20.6 Å². The van der Waals surface area contributed by atoms with Crippen molar-refractivity contribution >= 4 is 57.8 Å². The van der Waals surface area contributed by atoms with Gasteiger partial charge in [0.1, 0.15) is 30.0 Å². The Morgan fingerprint density at radius 3 is 2.09 bits per heavy atom. The van der Waals surface area contributed by atoms with Gasteiger partial charge >= 0.3 is 5.97 Å².